The van der Waals surface area contributed by atoms with Gasteiger partial charge in [-0.25, -0.2) is 4.39 Å². The molecular weight excluding hydrogens is 283 g/mol. The predicted octanol–water partition coefficient (Wildman–Crippen LogP) is 4.04. The van der Waals surface area contributed by atoms with Crippen molar-refractivity contribution in [3.8, 4) is 5.75 Å². The summed E-state index contributed by atoms with van der Waals surface area (Å²) in [7, 11) is 0. The van der Waals surface area contributed by atoms with Crippen LogP contribution < -0.4 is 10.1 Å². The molecule has 6 heteroatoms. The molecule has 1 aromatic carbocycles. The van der Waals surface area contributed by atoms with Crippen molar-refractivity contribution >= 4 is 5.69 Å². The van der Waals surface area contributed by atoms with Crippen molar-refractivity contribution in [2.24, 2.45) is 5.41 Å². The second-order valence-corrected chi connectivity index (χ2v) is 5.72. The Labute approximate surface area is 122 Å². The number of hydrogen-bond donors (Lipinski definition) is 1. The van der Waals surface area contributed by atoms with Crippen molar-refractivity contribution in [3.05, 3.63) is 24.0 Å². The molecule has 0 aromatic heterocycles. The summed E-state index contributed by atoms with van der Waals surface area (Å²) in [6.07, 6.45) is 1.00. The standard InChI is InChI=1S/C15H20F3NO2/c1-4-20-13-8-12(15(13,2)3)19-9-5-6-11(10(16)7-9)21-14(17)18/h5-7,12-14,19H,4,8H2,1-3H3. The van der Waals surface area contributed by atoms with Crippen LogP contribution in [0.2, 0.25) is 0 Å². The molecule has 0 radical (unpaired) electrons. The first-order valence-electron chi connectivity index (χ1n) is 6.97. The molecule has 118 valence electrons. The van der Waals surface area contributed by atoms with Gasteiger partial charge in [-0.05, 0) is 25.5 Å². The molecule has 0 bridgehead atoms. The number of halogens is 3. The zero-order valence-corrected chi connectivity index (χ0v) is 12.3. The van der Waals surface area contributed by atoms with E-state index in [1.165, 1.54) is 18.2 Å². The second-order valence-electron chi connectivity index (χ2n) is 5.72. The number of anilines is 1. The van der Waals surface area contributed by atoms with Gasteiger partial charge in [-0.15, -0.1) is 0 Å². The minimum atomic E-state index is -3.03. The number of rotatable bonds is 6. The van der Waals surface area contributed by atoms with Crippen molar-refractivity contribution in [2.45, 2.75) is 45.9 Å². The first-order valence-corrected chi connectivity index (χ1v) is 6.97. The molecule has 0 aliphatic heterocycles. The Morgan fingerprint density at radius 2 is 2.10 bits per heavy atom. The molecule has 1 aliphatic rings. The summed E-state index contributed by atoms with van der Waals surface area (Å²) in [6, 6.07) is 4.05. The maximum absolute atomic E-state index is 13.6. The van der Waals surface area contributed by atoms with E-state index in [1.807, 2.05) is 6.92 Å². The monoisotopic (exact) mass is 303 g/mol. The van der Waals surface area contributed by atoms with Gasteiger partial charge in [0.05, 0.1) is 6.10 Å². The van der Waals surface area contributed by atoms with Gasteiger partial charge < -0.3 is 14.8 Å². The van der Waals surface area contributed by atoms with Crippen LogP contribution in [0.25, 0.3) is 0 Å². The third kappa shape index (κ3) is 3.43. The normalized spacial score (nSPS) is 23.8. The Morgan fingerprint density at radius 3 is 2.62 bits per heavy atom. The number of ether oxygens (including phenoxy) is 2. The summed E-state index contributed by atoms with van der Waals surface area (Å²) in [5.41, 5.74) is 0.479. The van der Waals surface area contributed by atoms with Gasteiger partial charge in [0.1, 0.15) is 0 Å². The zero-order chi connectivity index (χ0) is 15.6. The van der Waals surface area contributed by atoms with Gasteiger partial charge in [-0.2, -0.15) is 8.78 Å². The van der Waals surface area contributed by atoms with Gasteiger partial charge in [0.2, 0.25) is 0 Å². The van der Waals surface area contributed by atoms with E-state index in [0.717, 1.165) is 6.42 Å². The maximum atomic E-state index is 13.6. The van der Waals surface area contributed by atoms with Gasteiger partial charge >= 0.3 is 6.61 Å². The van der Waals surface area contributed by atoms with E-state index in [2.05, 4.69) is 23.9 Å². The van der Waals surface area contributed by atoms with Gasteiger partial charge in [-0.3, -0.25) is 0 Å². The minimum absolute atomic E-state index is 0.0649. The number of alkyl halides is 2. The second kappa shape index (κ2) is 6.13. The van der Waals surface area contributed by atoms with Gasteiger partial charge in [-0.1, -0.05) is 13.8 Å². The van der Waals surface area contributed by atoms with E-state index < -0.39 is 18.2 Å². The highest BCUT2D eigenvalue weighted by atomic mass is 19.3. The Kier molecular flexibility index (Phi) is 4.66. The summed E-state index contributed by atoms with van der Waals surface area (Å²) in [5.74, 6) is -1.26. The molecule has 2 atom stereocenters. The fourth-order valence-corrected chi connectivity index (χ4v) is 2.60. The molecule has 1 fully saturated rings. The van der Waals surface area contributed by atoms with Crippen LogP contribution >= 0.6 is 0 Å². The Hall–Kier alpha value is -1.43. The van der Waals surface area contributed by atoms with Crippen LogP contribution in [0, 0.1) is 11.2 Å². The lowest BCUT2D eigenvalue weighted by molar-refractivity contribution is -0.0976. The van der Waals surface area contributed by atoms with E-state index in [4.69, 9.17) is 4.74 Å². The molecular formula is C15H20F3NO2. The van der Waals surface area contributed by atoms with Crippen LogP contribution in [-0.2, 0) is 4.74 Å². The van der Waals surface area contributed by atoms with Crippen molar-refractivity contribution in [1.82, 2.24) is 0 Å². The maximum Gasteiger partial charge on any atom is 0.387 e. The van der Waals surface area contributed by atoms with Crippen LogP contribution in [-0.4, -0.2) is 25.4 Å². The lowest BCUT2D eigenvalue weighted by Gasteiger charge is -2.52. The number of nitrogens with one attached hydrogen (secondary N) is 1. The van der Waals surface area contributed by atoms with E-state index >= 15 is 0 Å². The van der Waals surface area contributed by atoms with Gasteiger partial charge in [0, 0.05) is 29.8 Å². The molecule has 0 saturated heterocycles. The van der Waals surface area contributed by atoms with E-state index in [9.17, 15) is 13.2 Å². The third-order valence-electron chi connectivity index (χ3n) is 4.03. The minimum Gasteiger partial charge on any atom is -0.432 e. The van der Waals surface area contributed by atoms with Crippen LogP contribution in [0.15, 0.2) is 18.2 Å². The Bertz CT molecular complexity index is 494. The predicted molar refractivity (Wildman–Crippen MR) is 74.3 cm³/mol. The van der Waals surface area contributed by atoms with E-state index in [1.54, 1.807) is 0 Å². The fourth-order valence-electron chi connectivity index (χ4n) is 2.60. The number of hydrogen-bond acceptors (Lipinski definition) is 3. The van der Waals surface area contributed by atoms with Crippen LogP contribution in [0.1, 0.15) is 27.2 Å². The molecule has 0 amide bonds. The zero-order valence-electron chi connectivity index (χ0n) is 12.3. The number of benzene rings is 1. The Balaban J connectivity index is 2.00. The molecule has 2 rings (SSSR count). The first kappa shape index (κ1) is 15.9. The summed E-state index contributed by atoms with van der Waals surface area (Å²) < 4.78 is 47.5. The Morgan fingerprint density at radius 1 is 1.38 bits per heavy atom. The summed E-state index contributed by atoms with van der Waals surface area (Å²) >= 11 is 0. The largest absolute Gasteiger partial charge is 0.432 e. The lowest BCUT2D eigenvalue weighted by Crippen LogP contribution is -2.58. The summed E-state index contributed by atoms with van der Waals surface area (Å²) in [6.45, 7) is 3.75. The smallest absolute Gasteiger partial charge is 0.387 e. The molecule has 0 spiro atoms. The molecule has 1 N–H and O–H groups in total. The summed E-state index contributed by atoms with van der Waals surface area (Å²) in [4.78, 5) is 0. The van der Waals surface area contributed by atoms with Crippen molar-refractivity contribution in [1.29, 1.82) is 0 Å². The fraction of sp³-hybridized carbons (Fsp3) is 0.600. The average Bonchev–Trinajstić information content (AvgIpc) is 2.40. The molecule has 1 aliphatic carbocycles. The molecule has 1 aromatic rings. The average molecular weight is 303 g/mol. The molecule has 1 saturated carbocycles. The van der Waals surface area contributed by atoms with Crippen molar-refractivity contribution in [3.63, 3.8) is 0 Å². The van der Waals surface area contributed by atoms with Gasteiger partial charge in [0.15, 0.2) is 11.6 Å². The van der Waals surface area contributed by atoms with Crippen LogP contribution in [0.3, 0.4) is 0 Å². The van der Waals surface area contributed by atoms with Crippen molar-refractivity contribution in [2.75, 3.05) is 11.9 Å². The van der Waals surface area contributed by atoms with Crippen molar-refractivity contribution < 1.29 is 22.6 Å². The lowest BCUT2D eigenvalue weighted by atomic mass is 9.64. The SMILES string of the molecule is CCOC1CC(Nc2ccc(OC(F)F)c(F)c2)C1(C)C. The van der Waals surface area contributed by atoms with Crippen LogP contribution in [0.5, 0.6) is 5.75 Å². The molecule has 0 heterocycles. The third-order valence-corrected chi connectivity index (χ3v) is 4.03. The van der Waals surface area contributed by atoms with E-state index in [-0.39, 0.29) is 17.6 Å². The highest BCUT2D eigenvalue weighted by molar-refractivity contribution is 5.49. The highest BCUT2D eigenvalue weighted by Gasteiger charge is 2.48. The topological polar surface area (TPSA) is 30.5 Å². The van der Waals surface area contributed by atoms with Gasteiger partial charge in [0.25, 0.3) is 0 Å². The summed E-state index contributed by atoms with van der Waals surface area (Å²) in [5, 5.41) is 3.22. The first-order chi connectivity index (χ1) is 9.84. The molecule has 21 heavy (non-hydrogen) atoms. The van der Waals surface area contributed by atoms with E-state index in [0.29, 0.717) is 12.3 Å². The quantitative estimate of drug-likeness (QED) is 0.860. The van der Waals surface area contributed by atoms with Crippen LogP contribution in [0.4, 0.5) is 18.9 Å². The molecule has 2 unspecified atom stereocenters. The highest BCUT2D eigenvalue weighted by Crippen LogP contribution is 2.44. The molecule has 3 nitrogen and oxygen atoms in total.